The first-order chi connectivity index (χ1) is 14.3. The van der Waals surface area contributed by atoms with Crippen LogP contribution in [0.2, 0.25) is 0 Å². The highest BCUT2D eigenvalue weighted by atomic mass is 16.5. The molecule has 0 unspecified atom stereocenters. The molecular weight excluding hydrogens is 360 g/mol. The Balaban J connectivity index is 1.83. The Hall–Kier alpha value is -4.10. The highest BCUT2D eigenvalue weighted by molar-refractivity contribution is 5.89. The van der Waals surface area contributed by atoms with E-state index in [9.17, 15) is 5.26 Å². The maximum atomic E-state index is 9.89. The van der Waals surface area contributed by atoms with Crippen LogP contribution in [-0.2, 0) is 0 Å². The van der Waals surface area contributed by atoms with E-state index in [2.05, 4.69) is 11.1 Å². The molecule has 0 radical (unpaired) electrons. The molecule has 0 bridgehead atoms. The summed E-state index contributed by atoms with van der Waals surface area (Å²) in [5, 5.41) is 9.89. The first-order valence-corrected chi connectivity index (χ1v) is 9.16. The second-order valence-corrected chi connectivity index (χ2v) is 6.36. The smallest absolute Gasteiger partial charge is 0.238 e. The molecule has 0 amide bonds. The topological polar surface area (TPSA) is 58.5 Å². The second kappa shape index (κ2) is 8.28. The van der Waals surface area contributed by atoms with Gasteiger partial charge < -0.3 is 9.15 Å². The van der Waals surface area contributed by atoms with Crippen LogP contribution in [0.3, 0.4) is 0 Å². The summed E-state index contributed by atoms with van der Waals surface area (Å²) in [5.74, 6) is 1.70. The lowest BCUT2D eigenvalue weighted by atomic mass is 9.98. The quantitative estimate of drug-likeness (QED) is 0.386. The molecule has 140 valence electrons. The van der Waals surface area contributed by atoms with Gasteiger partial charge in [0.1, 0.15) is 23.1 Å². The minimum atomic E-state index is 0.293. The van der Waals surface area contributed by atoms with E-state index in [0.29, 0.717) is 17.2 Å². The Bertz CT molecular complexity index is 1170. The SMILES string of the molecule is COc1ccc(C=Nc2oc(-c3ccccc3)c(-c3ccccc3)c2C#N)cc1. The van der Waals surface area contributed by atoms with Gasteiger partial charge in [-0.25, -0.2) is 4.99 Å². The van der Waals surface area contributed by atoms with Gasteiger partial charge in [0.15, 0.2) is 0 Å². The maximum absolute atomic E-state index is 9.89. The number of nitriles is 1. The van der Waals surface area contributed by atoms with E-state index in [1.807, 2.05) is 84.9 Å². The molecule has 4 aromatic rings. The molecule has 0 fully saturated rings. The third-order valence-corrected chi connectivity index (χ3v) is 4.55. The van der Waals surface area contributed by atoms with Gasteiger partial charge in [-0.3, -0.25) is 0 Å². The van der Waals surface area contributed by atoms with E-state index in [4.69, 9.17) is 9.15 Å². The maximum Gasteiger partial charge on any atom is 0.238 e. The average molecular weight is 378 g/mol. The minimum absolute atomic E-state index is 0.293. The van der Waals surface area contributed by atoms with Crippen molar-refractivity contribution in [2.45, 2.75) is 0 Å². The lowest BCUT2D eigenvalue weighted by Gasteiger charge is -2.03. The molecule has 3 aromatic carbocycles. The van der Waals surface area contributed by atoms with Gasteiger partial charge in [0, 0.05) is 17.3 Å². The van der Waals surface area contributed by atoms with Gasteiger partial charge in [-0.2, -0.15) is 5.26 Å². The molecule has 0 N–H and O–H groups in total. The fourth-order valence-corrected chi connectivity index (χ4v) is 3.11. The van der Waals surface area contributed by atoms with Crippen molar-refractivity contribution < 1.29 is 9.15 Å². The van der Waals surface area contributed by atoms with Gasteiger partial charge in [0.2, 0.25) is 5.88 Å². The average Bonchev–Trinajstić information content (AvgIpc) is 3.17. The van der Waals surface area contributed by atoms with Gasteiger partial charge in [0.05, 0.1) is 7.11 Å². The number of hydrogen-bond acceptors (Lipinski definition) is 4. The molecule has 0 saturated heterocycles. The van der Waals surface area contributed by atoms with Crippen LogP contribution in [-0.4, -0.2) is 13.3 Å². The van der Waals surface area contributed by atoms with Crippen molar-refractivity contribution in [2.24, 2.45) is 4.99 Å². The zero-order valence-corrected chi connectivity index (χ0v) is 15.9. The number of ether oxygens (including phenoxy) is 1. The number of aliphatic imine (C=N–C) groups is 1. The van der Waals surface area contributed by atoms with Crippen molar-refractivity contribution in [3.63, 3.8) is 0 Å². The van der Waals surface area contributed by atoms with E-state index < -0.39 is 0 Å². The number of nitrogens with zero attached hydrogens (tertiary/aromatic N) is 2. The monoisotopic (exact) mass is 378 g/mol. The second-order valence-electron chi connectivity index (χ2n) is 6.36. The number of methoxy groups -OCH3 is 1. The molecular formula is C25H18N2O2. The van der Waals surface area contributed by atoms with Crippen molar-refractivity contribution in [1.82, 2.24) is 0 Å². The molecule has 0 saturated carbocycles. The van der Waals surface area contributed by atoms with Crippen LogP contribution < -0.4 is 4.74 Å². The van der Waals surface area contributed by atoms with Crippen LogP contribution in [0.1, 0.15) is 11.1 Å². The summed E-state index contributed by atoms with van der Waals surface area (Å²) < 4.78 is 11.3. The Morgan fingerprint density at radius 3 is 2.07 bits per heavy atom. The molecule has 4 rings (SSSR count). The van der Waals surface area contributed by atoms with Gasteiger partial charge in [-0.15, -0.1) is 0 Å². The number of hydrogen-bond donors (Lipinski definition) is 0. The number of rotatable bonds is 5. The van der Waals surface area contributed by atoms with Crippen molar-refractivity contribution in [1.29, 1.82) is 5.26 Å². The largest absolute Gasteiger partial charge is 0.497 e. The Morgan fingerprint density at radius 1 is 0.862 bits per heavy atom. The van der Waals surface area contributed by atoms with Crippen LogP contribution in [0.5, 0.6) is 5.75 Å². The predicted molar refractivity (Wildman–Crippen MR) is 115 cm³/mol. The van der Waals surface area contributed by atoms with Gasteiger partial charge in [-0.05, 0) is 35.4 Å². The lowest BCUT2D eigenvalue weighted by Crippen LogP contribution is -1.84. The molecule has 0 aliphatic carbocycles. The van der Waals surface area contributed by atoms with Gasteiger partial charge >= 0.3 is 0 Å². The van der Waals surface area contributed by atoms with Gasteiger partial charge in [-0.1, -0.05) is 60.7 Å². The van der Waals surface area contributed by atoms with E-state index in [1.165, 1.54) is 0 Å². The first-order valence-electron chi connectivity index (χ1n) is 9.16. The van der Waals surface area contributed by atoms with Crippen LogP contribution in [0.4, 0.5) is 5.88 Å². The predicted octanol–water partition coefficient (Wildman–Crippen LogP) is 6.24. The molecule has 4 nitrogen and oxygen atoms in total. The summed E-state index contributed by atoms with van der Waals surface area (Å²) in [4.78, 5) is 4.48. The highest BCUT2D eigenvalue weighted by Crippen LogP contribution is 2.42. The summed E-state index contributed by atoms with van der Waals surface area (Å²) in [6.07, 6.45) is 1.68. The molecule has 0 aliphatic rings. The van der Waals surface area contributed by atoms with Crippen LogP contribution in [0.25, 0.3) is 22.5 Å². The third-order valence-electron chi connectivity index (χ3n) is 4.55. The Morgan fingerprint density at radius 2 is 1.48 bits per heavy atom. The van der Waals surface area contributed by atoms with Crippen molar-refractivity contribution in [2.75, 3.05) is 7.11 Å². The molecule has 0 atom stereocenters. The Labute approximate surface area is 169 Å². The number of benzene rings is 3. The van der Waals surface area contributed by atoms with Crippen LogP contribution in [0, 0.1) is 11.3 Å². The minimum Gasteiger partial charge on any atom is -0.497 e. The summed E-state index contributed by atoms with van der Waals surface area (Å²) in [7, 11) is 1.63. The zero-order valence-electron chi connectivity index (χ0n) is 15.9. The van der Waals surface area contributed by atoms with Gasteiger partial charge in [0.25, 0.3) is 0 Å². The van der Waals surface area contributed by atoms with Crippen molar-refractivity contribution >= 4 is 12.1 Å². The molecule has 0 spiro atoms. The third kappa shape index (κ3) is 3.80. The number of furan rings is 1. The van der Waals surface area contributed by atoms with E-state index >= 15 is 0 Å². The van der Waals surface area contributed by atoms with E-state index in [0.717, 1.165) is 28.0 Å². The zero-order chi connectivity index (χ0) is 20.1. The van der Waals surface area contributed by atoms with Crippen molar-refractivity contribution in [3.8, 4) is 34.3 Å². The fourth-order valence-electron chi connectivity index (χ4n) is 3.11. The summed E-state index contributed by atoms with van der Waals surface area (Å²) in [6.45, 7) is 0. The van der Waals surface area contributed by atoms with Crippen molar-refractivity contribution in [3.05, 3.63) is 96.1 Å². The molecule has 4 heteroatoms. The standard InChI is InChI=1S/C25H18N2O2/c1-28-21-14-12-18(13-15-21)17-27-25-22(16-26)23(19-8-4-2-5-9-19)24(29-25)20-10-6-3-7-11-20/h2-15,17H,1H3. The fraction of sp³-hybridized carbons (Fsp3) is 0.0400. The first kappa shape index (κ1) is 18.3. The lowest BCUT2D eigenvalue weighted by molar-refractivity contribution is 0.415. The summed E-state index contributed by atoms with van der Waals surface area (Å²) >= 11 is 0. The molecule has 1 heterocycles. The Kier molecular flexibility index (Phi) is 5.22. The van der Waals surface area contributed by atoms with E-state index in [1.54, 1.807) is 13.3 Å². The summed E-state index contributed by atoms with van der Waals surface area (Å²) in [6, 6.07) is 29.3. The molecule has 29 heavy (non-hydrogen) atoms. The molecule has 1 aromatic heterocycles. The highest BCUT2D eigenvalue weighted by Gasteiger charge is 2.22. The van der Waals surface area contributed by atoms with E-state index in [-0.39, 0.29) is 0 Å². The van der Waals surface area contributed by atoms with Crippen LogP contribution >= 0.6 is 0 Å². The van der Waals surface area contributed by atoms with Crippen LogP contribution in [0.15, 0.2) is 94.3 Å². The summed E-state index contributed by atoms with van der Waals surface area (Å²) in [5.41, 5.74) is 3.86. The normalized spacial score (nSPS) is 10.8. The molecule has 0 aliphatic heterocycles.